The molecule has 0 saturated heterocycles. The molecule has 20 heavy (non-hydrogen) atoms. The molecule has 2 N–H and O–H groups in total. The van der Waals surface area contributed by atoms with Gasteiger partial charge in [0.05, 0.1) is 0 Å². The monoisotopic (exact) mass is 305 g/mol. The summed E-state index contributed by atoms with van der Waals surface area (Å²) in [5.41, 5.74) is 0. The van der Waals surface area contributed by atoms with E-state index in [-0.39, 0.29) is 6.42 Å². The predicted octanol–water partition coefficient (Wildman–Crippen LogP) is 3.03. The van der Waals surface area contributed by atoms with Gasteiger partial charge in [0.2, 0.25) is 5.91 Å². The van der Waals surface area contributed by atoms with Crippen molar-refractivity contribution in [3.8, 4) is 0 Å². The fourth-order valence-corrected chi connectivity index (χ4v) is 2.71. The van der Waals surface area contributed by atoms with Crippen LogP contribution in [0, 0.1) is 0 Å². The Morgan fingerprint density at radius 3 is 2.10 bits per heavy atom. The molecule has 0 rings (SSSR count). The molecule has 5 nitrogen and oxygen atoms in total. The van der Waals surface area contributed by atoms with Gasteiger partial charge in [-0.15, -0.1) is 0 Å². The van der Waals surface area contributed by atoms with Gasteiger partial charge < -0.3 is 5.32 Å². The van der Waals surface area contributed by atoms with E-state index in [1.54, 1.807) is 0 Å². The van der Waals surface area contributed by atoms with Crippen molar-refractivity contribution in [1.82, 2.24) is 5.32 Å². The molecule has 118 valence electrons. The molecule has 0 aliphatic rings. The molecule has 0 aromatic rings. The molecule has 1 unspecified atom stereocenters. The Morgan fingerprint density at radius 2 is 1.65 bits per heavy atom. The van der Waals surface area contributed by atoms with Crippen molar-refractivity contribution < 1.29 is 17.8 Å². The van der Waals surface area contributed by atoms with Crippen molar-refractivity contribution in [2.24, 2.45) is 0 Å². The average Bonchev–Trinajstić information content (AvgIpc) is 2.38. The number of amides is 1. The van der Waals surface area contributed by atoms with Crippen molar-refractivity contribution in [2.45, 2.75) is 70.1 Å². The van der Waals surface area contributed by atoms with Gasteiger partial charge in [0.25, 0.3) is 10.1 Å². The highest BCUT2D eigenvalue weighted by molar-refractivity contribution is 7.86. The van der Waals surface area contributed by atoms with E-state index in [2.05, 4.69) is 18.8 Å². The van der Waals surface area contributed by atoms with Crippen LogP contribution in [0.4, 0.5) is 0 Å². The molecular weight excluding hydrogens is 278 g/mol. The molecule has 6 heteroatoms. The number of unbranched alkanes of at least 4 members (excludes halogenated alkanes) is 7. The van der Waals surface area contributed by atoms with Gasteiger partial charge in [-0.1, -0.05) is 64.9 Å². The van der Waals surface area contributed by atoms with Gasteiger partial charge in [0.1, 0.15) is 0 Å². The number of carbonyl (C=O) groups is 1. The Bertz CT molecular complexity index is 379. The van der Waals surface area contributed by atoms with Crippen LogP contribution in [0.25, 0.3) is 0 Å². The molecule has 0 heterocycles. The van der Waals surface area contributed by atoms with Crippen LogP contribution in [0.2, 0.25) is 0 Å². The summed E-state index contributed by atoms with van der Waals surface area (Å²) in [6.45, 7) is 5.43. The molecular formula is C14H27NO4S. The summed E-state index contributed by atoms with van der Waals surface area (Å²) in [4.78, 5) is 11.1. The second-order valence-electron chi connectivity index (χ2n) is 4.98. The highest BCUT2D eigenvalue weighted by Gasteiger charge is 2.23. The summed E-state index contributed by atoms with van der Waals surface area (Å²) in [6, 6.07) is 0. The van der Waals surface area contributed by atoms with Gasteiger partial charge in [-0.3, -0.25) is 9.35 Å². The lowest BCUT2D eigenvalue weighted by Crippen LogP contribution is -2.39. The van der Waals surface area contributed by atoms with Crippen LogP contribution in [0.1, 0.15) is 64.7 Å². The lowest BCUT2D eigenvalue weighted by atomic mass is 10.1. The summed E-state index contributed by atoms with van der Waals surface area (Å²) >= 11 is 0. The van der Waals surface area contributed by atoms with Crippen molar-refractivity contribution in [1.29, 1.82) is 0 Å². The highest BCUT2D eigenvalue weighted by Crippen LogP contribution is 2.12. The minimum atomic E-state index is -4.25. The Morgan fingerprint density at radius 1 is 1.15 bits per heavy atom. The van der Waals surface area contributed by atoms with Crippen molar-refractivity contribution in [2.75, 3.05) is 0 Å². The zero-order valence-electron chi connectivity index (χ0n) is 12.3. The molecule has 0 aromatic heterocycles. The Hall–Kier alpha value is -0.880. The molecule has 1 amide bonds. The van der Waals surface area contributed by atoms with Gasteiger partial charge >= 0.3 is 0 Å². The third-order valence-corrected chi connectivity index (χ3v) is 4.24. The molecule has 0 aromatic carbocycles. The van der Waals surface area contributed by atoms with E-state index >= 15 is 0 Å². The zero-order chi connectivity index (χ0) is 15.4. The SMILES string of the molecule is C=CC(=O)NC(CCCCCCCCCC)S(=O)(=O)O. The van der Waals surface area contributed by atoms with Gasteiger partial charge in [-0.2, -0.15) is 8.42 Å². The van der Waals surface area contributed by atoms with Crippen LogP contribution < -0.4 is 5.32 Å². The fraction of sp³-hybridized carbons (Fsp3) is 0.786. The van der Waals surface area contributed by atoms with E-state index in [4.69, 9.17) is 4.55 Å². The number of hydrogen-bond donors (Lipinski definition) is 2. The first-order valence-corrected chi connectivity index (χ1v) is 8.81. The summed E-state index contributed by atoms with van der Waals surface area (Å²) in [6.07, 6.45) is 9.93. The van der Waals surface area contributed by atoms with Gasteiger partial charge in [-0.25, -0.2) is 0 Å². The molecule has 0 saturated carbocycles. The third-order valence-electron chi connectivity index (χ3n) is 3.17. The van der Waals surface area contributed by atoms with Crippen molar-refractivity contribution >= 4 is 16.0 Å². The van der Waals surface area contributed by atoms with Crippen LogP contribution in [-0.2, 0) is 14.9 Å². The van der Waals surface area contributed by atoms with Crippen LogP contribution in [-0.4, -0.2) is 24.3 Å². The zero-order valence-corrected chi connectivity index (χ0v) is 13.1. The fourth-order valence-electron chi connectivity index (χ4n) is 1.98. The predicted molar refractivity (Wildman–Crippen MR) is 80.9 cm³/mol. The molecule has 0 fully saturated rings. The number of carbonyl (C=O) groups excluding carboxylic acids is 1. The molecule has 1 atom stereocenters. The maximum Gasteiger partial charge on any atom is 0.286 e. The quantitative estimate of drug-likeness (QED) is 0.330. The number of rotatable bonds is 12. The smallest absolute Gasteiger partial charge is 0.286 e. The average molecular weight is 305 g/mol. The number of hydrogen-bond acceptors (Lipinski definition) is 3. The minimum absolute atomic E-state index is 0.230. The van der Waals surface area contributed by atoms with Crippen LogP contribution >= 0.6 is 0 Å². The van der Waals surface area contributed by atoms with E-state index in [1.807, 2.05) is 0 Å². The Labute approximate surface area is 122 Å². The van der Waals surface area contributed by atoms with Crippen LogP contribution in [0.15, 0.2) is 12.7 Å². The third kappa shape index (κ3) is 9.97. The molecule has 0 aliphatic heterocycles. The Kier molecular flexibility index (Phi) is 10.4. The van der Waals surface area contributed by atoms with E-state index in [0.717, 1.165) is 25.3 Å². The van der Waals surface area contributed by atoms with Crippen molar-refractivity contribution in [3.05, 3.63) is 12.7 Å². The minimum Gasteiger partial charge on any atom is -0.334 e. The first-order chi connectivity index (χ1) is 9.41. The largest absolute Gasteiger partial charge is 0.334 e. The van der Waals surface area contributed by atoms with E-state index < -0.39 is 21.4 Å². The Balaban J connectivity index is 3.86. The van der Waals surface area contributed by atoms with Crippen LogP contribution in [0.5, 0.6) is 0 Å². The summed E-state index contributed by atoms with van der Waals surface area (Å²) in [5, 5.41) is 1.00. The van der Waals surface area contributed by atoms with Gasteiger partial charge in [0, 0.05) is 0 Å². The lowest BCUT2D eigenvalue weighted by Gasteiger charge is -2.14. The van der Waals surface area contributed by atoms with Crippen molar-refractivity contribution in [3.63, 3.8) is 0 Å². The standard InChI is InChI=1S/C14H27NO4S/c1-3-5-6-7-8-9-10-11-12-14(20(17,18)19)15-13(16)4-2/h4,14H,2-3,5-12H2,1H3,(H,15,16)(H,17,18,19). The normalized spacial score (nSPS) is 12.9. The van der Waals surface area contributed by atoms with Gasteiger partial charge in [-0.05, 0) is 12.5 Å². The second kappa shape index (κ2) is 10.9. The van der Waals surface area contributed by atoms with E-state index in [0.29, 0.717) is 6.42 Å². The van der Waals surface area contributed by atoms with E-state index in [1.165, 1.54) is 25.7 Å². The molecule has 0 radical (unpaired) electrons. The molecule has 0 aliphatic carbocycles. The molecule has 0 bridgehead atoms. The van der Waals surface area contributed by atoms with Crippen LogP contribution in [0.3, 0.4) is 0 Å². The first kappa shape index (κ1) is 19.1. The second-order valence-corrected chi connectivity index (χ2v) is 6.58. The lowest BCUT2D eigenvalue weighted by molar-refractivity contribution is -0.116. The van der Waals surface area contributed by atoms with Gasteiger partial charge in [0.15, 0.2) is 5.37 Å². The summed E-state index contributed by atoms with van der Waals surface area (Å²) in [7, 11) is -4.25. The first-order valence-electron chi connectivity index (χ1n) is 7.31. The topological polar surface area (TPSA) is 83.5 Å². The maximum absolute atomic E-state index is 11.1. The highest BCUT2D eigenvalue weighted by atomic mass is 32.2. The molecule has 0 spiro atoms. The summed E-state index contributed by atoms with van der Waals surface area (Å²) < 4.78 is 31.3. The number of nitrogens with one attached hydrogen (secondary N) is 1. The maximum atomic E-state index is 11.1. The van der Waals surface area contributed by atoms with E-state index in [9.17, 15) is 13.2 Å². The summed E-state index contributed by atoms with van der Waals surface area (Å²) in [5.74, 6) is -0.591.